The number of fused-ring (bicyclic) bond motifs is 1. The van der Waals surface area contributed by atoms with Gasteiger partial charge in [-0.2, -0.15) is 0 Å². The van der Waals surface area contributed by atoms with Crippen molar-refractivity contribution in [1.82, 2.24) is 4.90 Å². The van der Waals surface area contributed by atoms with Gasteiger partial charge in [-0.3, -0.25) is 4.72 Å². The van der Waals surface area contributed by atoms with E-state index in [1.165, 1.54) is 23.3 Å². The number of para-hydroxylation sites is 1. The molecule has 0 radical (unpaired) electrons. The number of rotatable bonds is 7. The maximum absolute atomic E-state index is 13.7. The lowest BCUT2D eigenvalue weighted by Crippen LogP contribution is -2.23. The number of sulfonamides is 1. The van der Waals surface area contributed by atoms with Gasteiger partial charge in [0.25, 0.3) is 10.0 Å². The third kappa shape index (κ3) is 5.77. The van der Waals surface area contributed by atoms with Crippen molar-refractivity contribution in [3.05, 3.63) is 83.2 Å². The number of benzene rings is 3. The first-order chi connectivity index (χ1) is 16.6. The van der Waals surface area contributed by atoms with E-state index in [1.807, 2.05) is 43.1 Å². The van der Waals surface area contributed by atoms with Gasteiger partial charge >= 0.3 is 0 Å². The van der Waals surface area contributed by atoms with Crippen LogP contribution >= 0.6 is 0 Å². The minimum absolute atomic E-state index is 0.198. The molecule has 186 valence electrons. The van der Waals surface area contributed by atoms with Crippen LogP contribution in [0.3, 0.4) is 0 Å². The standard InChI is InChI=1S/C27H33FN4O2S/c1-30(2)26-18-22-14-16-31(3)15-13-21(22)17-24(26)29-35(33,34)27-8-6-5-7-25(27)32(4)19-20-9-11-23(28)12-10-20/h5-12,17-18,29H,13-16,19H2,1-4H3. The van der Waals surface area contributed by atoms with E-state index < -0.39 is 10.0 Å². The Balaban J connectivity index is 1.67. The van der Waals surface area contributed by atoms with Crippen molar-refractivity contribution in [3.63, 3.8) is 0 Å². The van der Waals surface area contributed by atoms with Gasteiger partial charge in [0.1, 0.15) is 10.7 Å². The summed E-state index contributed by atoms with van der Waals surface area (Å²) in [6, 6.07) is 17.3. The first-order valence-electron chi connectivity index (χ1n) is 11.7. The molecule has 3 aromatic rings. The van der Waals surface area contributed by atoms with E-state index in [-0.39, 0.29) is 10.7 Å². The molecular formula is C27H33FN4O2S. The van der Waals surface area contributed by atoms with E-state index in [4.69, 9.17) is 0 Å². The van der Waals surface area contributed by atoms with Gasteiger partial charge in [-0.05, 0) is 73.0 Å². The van der Waals surface area contributed by atoms with Gasteiger partial charge in [-0.15, -0.1) is 0 Å². The molecular weight excluding hydrogens is 463 g/mol. The van der Waals surface area contributed by atoms with Gasteiger partial charge in [0.15, 0.2) is 0 Å². The summed E-state index contributed by atoms with van der Waals surface area (Å²) in [5.41, 5.74) is 5.33. The molecule has 0 aromatic heterocycles. The zero-order chi connectivity index (χ0) is 25.2. The highest BCUT2D eigenvalue weighted by Gasteiger charge is 2.24. The van der Waals surface area contributed by atoms with Crippen molar-refractivity contribution in [1.29, 1.82) is 0 Å². The highest BCUT2D eigenvalue weighted by Crippen LogP contribution is 2.34. The Bertz CT molecular complexity index is 1290. The Morgan fingerprint density at radius 3 is 2.20 bits per heavy atom. The Morgan fingerprint density at radius 2 is 1.54 bits per heavy atom. The van der Waals surface area contributed by atoms with Crippen LogP contribution in [0.5, 0.6) is 0 Å². The molecule has 1 aliphatic rings. The molecule has 1 heterocycles. The Kier molecular flexibility index (Phi) is 7.33. The largest absolute Gasteiger partial charge is 0.376 e. The van der Waals surface area contributed by atoms with Crippen molar-refractivity contribution in [2.75, 3.05) is 55.8 Å². The lowest BCUT2D eigenvalue weighted by molar-refractivity contribution is 0.352. The van der Waals surface area contributed by atoms with Crippen molar-refractivity contribution in [3.8, 4) is 0 Å². The summed E-state index contributed by atoms with van der Waals surface area (Å²) >= 11 is 0. The van der Waals surface area contributed by atoms with Gasteiger partial charge in [0.2, 0.25) is 0 Å². The predicted molar refractivity (Wildman–Crippen MR) is 141 cm³/mol. The van der Waals surface area contributed by atoms with E-state index >= 15 is 0 Å². The van der Waals surface area contributed by atoms with Crippen LogP contribution in [-0.4, -0.2) is 54.6 Å². The van der Waals surface area contributed by atoms with Crippen LogP contribution in [-0.2, 0) is 29.4 Å². The molecule has 0 saturated heterocycles. The molecule has 1 N–H and O–H groups in total. The van der Waals surface area contributed by atoms with Crippen molar-refractivity contribution in [2.45, 2.75) is 24.3 Å². The van der Waals surface area contributed by atoms with E-state index in [0.29, 0.717) is 17.9 Å². The molecule has 4 rings (SSSR count). The van der Waals surface area contributed by atoms with Crippen LogP contribution in [0.4, 0.5) is 21.5 Å². The summed E-state index contributed by atoms with van der Waals surface area (Å²) in [5.74, 6) is -0.298. The number of hydrogen-bond acceptors (Lipinski definition) is 5. The normalized spacial score (nSPS) is 14.2. The van der Waals surface area contributed by atoms with Crippen LogP contribution in [0.1, 0.15) is 16.7 Å². The average molecular weight is 497 g/mol. The molecule has 0 amide bonds. The summed E-state index contributed by atoms with van der Waals surface area (Å²) in [5, 5.41) is 0. The predicted octanol–water partition coefficient (Wildman–Crippen LogP) is 4.36. The number of nitrogens with zero attached hydrogens (tertiary/aromatic N) is 3. The van der Waals surface area contributed by atoms with Crippen molar-refractivity contribution < 1.29 is 12.8 Å². The van der Waals surface area contributed by atoms with Gasteiger partial charge in [-0.25, -0.2) is 12.8 Å². The first kappa shape index (κ1) is 25.0. The summed E-state index contributed by atoms with van der Waals surface area (Å²) in [6.45, 7) is 2.37. The second-order valence-electron chi connectivity index (χ2n) is 9.39. The second-order valence-corrected chi connectivity index (χ2v) is 11.0. The Morgan fingerprint density at radius 1 is 0.914 bits per heavy atom. The summed E-state index contributed by atoms with van der Waals surface area (Å²) < 4.78 is 43.5. The molecule has 3 aromatic carbocycles. The van der Waals surface area contributed by atoms with Crippen LogP contribution in [0.2, 0.25) is 0 Å². The molecule has 0 atom stereocenters. The molecule has 35 heavy (non-hydrogen) atoms. The third-order valence-corrected chi connectivity index (χ3v) is 7.88. The van der Waals surface area contributed by atoms with Crippen LogP contribution in [0.25, 0.3) is 0 Å². The van der Waals surface area contributed by atoms with Gasteiger partial charge in [-0.1, -0.05) is 24.3 Å². The second kappa shape index (κ2) is 10.3. The van der Waals surface area contributed by atoms with E-state index in [9.17, 15) is 12.8 Å². The zero-order valence-electron chi connectivity index (χ0n) is 20.8. The average Bonchev–Trinajstić information content (AvgIpc) is 3.00. The molecule has 6 nitrogen and oxygen atoms in total. The quantitative estimate of drug-likeness (QED) is 0.527. The fourth-order valence-electron chi connectivity index (χ4n) is 4.48. The number of anilines is 3. The van der Waals surface area contributed by atoms with E-state index in [0.717, 1.165) is 37.2 Å². The SMILES string of the molecule is CN1CCc2cc(NS(=O)(=O)c3ccccc3N(C)Cc3ccc(F)cc3)c(N(C)C)cc2CC1. The van der Waals surface area contributed by atoms with Crippen LogP contribution < -0.4 is 14.5 Å². The topological polar surface area (TPSA) is 55.9 Å². The monoisotopic (exact) mass is 496 g/mol. The maximum atomic E-state index is 13.7. The lowest BCUT2D eigenvalue weighted by Gasteiger charge is -2.24. The van der Waals surface area contributed by atoms with Crippen LogP contribution in [0, 0.1) is 5.82 Å². The number of halogens is 1. The molecule has 0 saturated carbocycles. The molecule has 8 heteroatoms. The number of nitrogens with one attached hydrogen (secondary N) is 1. The molecule has 0 spiro atoms. The molecule has 0 unspecified atom stereocenters. The lowest BCUT2D eigenvalue weighted by atomic mass is 10.0. The van der Waals surface area contributed by atoms with Gasteiger partial charge in [0.05, 0.1) is 17.1 Å². The van der Waals surface area contributed by atoms with Gasteiger partial charge in [0, 0.05) is 40.8 Å². The Labute approximate surface area is 208 Å². The third-order valence-electron chi connectivity index (χ3n) is 6.47. The Hall–Kier alpha value is -3.10. The summed E-state index contributed by atoms with van der Waals surface area (Å²) in [6.07, 6.45) is 1.82. The molecule has 0 aliphatic carbocycles. The molecule has 0 fully saturated rings. The molecule has 0 bridgehead atoms. The number of likely N-dealkylation sites (N-methyl/N-ethyl adjacent to an activating group) is 1. The highest BCUT2D eigenvalue weighted by molar-refractivity contribution is 7.93. The van der Waals surface area contributed by atoms with Crippen LogP contribution in [0.15, 0.2) is 65.6 Å². The summed E-state index contributed by atoms with van der Waals surface area (Å²) in [7, 11) is 3.92. The van der Waals surface area contributed by atoms with Gasteiger partial charge < -0.3 is 14.7 Å². The summed E-state index contributed by atoms with van der Waals surface area (Å²) in [4.78, 5) is 6.30. The van der Waals surface area contributed by atoms with Crippen molar-refractivity contribution >= 4 is 27.1 Å². The first-order valence-corrected chi connectivity index (χ1v) is 13.2. The molecule has 1 aliphatic heterocycles. The fourth-order valence-corrected chi connectivity index (χ4v) is 5.80. The minimum Gasteiger partial charge on any atom is -0.376 e. The maximum Gasteiger partial charge on any atom is 0.264 e. The van der Waals surface area contributed by atoms with E-state index in [2.05, 4.69) is 22.7 Å². The fraction of sp³-hybridized carbons (Fsp3) is 0.333. The van der Waals surface area contributed by atoms with Crippen molar-refractivity contribution in [2.24, 2.45) is 0 Å². The highest BCUT2D eigenvalue weighted by atomic mass is 32.2. The number of hydrogen-bond donors (Lipinski definition) is 1. The smallest absolute Gasteiger partial charge is 0.264 e. The van der Waals surface area contributed by atoms with E-state index in [1.54, 1.807) is 30.3 Å². The minimum atomic E-state index is -3.88. The zero-order valence-corrected chi connectivity index (χ0v) is 21.6.